The molecule has 0 spiro atoms. The summed E-state index contributed by atoms with van der Waals surface area (Å²) < 4.78 is 0. The van der Waals surface area contributed by atoms with E-state index in [1.807, 2.05) is 48.5 Å². The first-order valence-corrected chi connectivity index (χ1v) is 12.1. The lowest BCUT2D eigenvalue weighted by molar-refractivity contribution is 0.0873. The number of nitrogens with one attached hydrogen (secondary N) is 2. The third kappa shape index (κ3) is 4.61. The van der Waals surface area contributed by atoms with Crippen LogP contribution in [0.25, 0.3) is 10.9 Å². The zero-order valence-corrected chi connectivity index (χ0v) is 19.5. The molecule has 1 aliphatic heterocycles. The summed E-state index contributed by atoms with van der Waals surface area (Å²) in [4.78, 5) is 20.6. The van der Waals surface area contributed by atoms with Crippen LogP contribution in [0.5, 0.6) is 0 Å². The number of fused-ring (bicyclic) bond motifs is 1. The second-order valence-electron chi connectivity index (χ2n) is 8.97. The lowest BCUT2D eigenvalue weighted by Crippen LogP contribution is -2.48. The standard InChI is InChI=1S/C25H28Cl2N4O/c26-20-5-3-7-23(24(20)27)31-12-10-30(11-13-31)9-8-17-14-19(15-17)28-25(32)22-16-18-4-1-2-6-21(18)29-22/h1-7,16-17,19,29H,8-15H2,(H,28,32)/t17-,19+. The molecule has 2 N–H and O–H groups in total. The number of aromatic nitrogens is 1. The van der Waals surface area contributed by atoms with Crippen LogP contribution in [-0.4, -0.2) is 54.6 Å². The van der Waals surface area contributed by atoms with Crippen LogP contribution in [0.4, 0.5) is 5.69 Å². The largest absolute Gasteiger partial charge is 0.368 e. The fourth-order valence-corrected chi connectivity index (χ4v) is 5.28. The summed E-state index contributed by atoms with van der Waals surface area (Å²) in [6, 6.07) is 16.0. The van der Waals surface area contributed by atoms with E-state index < -0.39 is 0 Å². The van der Waals surface area contributed by atoms with Gasteiger partial charge >= 0.3 is 0 Å². The van der Waals surface area contributed by atoms with Crippen molar-refractivity contribution in [2.24, 2.45) is 5.92 Å². The fraction of sp³-hybridized carbons (Fsp3) is 0.400. The highest BCUT2D eigenvalue weighted by Crippen LogP contribution is 2.34. The van der Waals surface area contributed by atoms with E-state index in [4.69, 9.17) is 23.2 Å². The van der Waals surface area contributed by atoms with E-state index in [1.54, 1.807) is 0 Å². The summed E-state index contributed by atoms with van der Waals surface area (Å²) >= 11 is 12.6. The Hall–Kier alpha value is -2.21. The lowest BCUT2D eigenvalue weighted by atomic mass is 9.78. The maximum Gasteiger partial charge on any atom is 0.267 e. The Morgan fingerprint density at radius 1 is 1.03 bits per heavy atom. The van der Waals surface area contributed by atoms with Crippen molar-refractivity contribution in [3.63, 3.8) is 0 Å². The number of carbonyl (C=O) groups is 1. The lowest BCUT2D eigenvalue weighted by Gasteiger charge is -2.39. The average Bonchev–Trinajstić information content (AvgIpc) is 3.22. The van der Waals surface area contributed by atoms with Crippen LogP contribution in [0.15, 0.2) is 48.5 Å². The molecule has 0 radical (unpaired) electrons. The van der Waals surface area contributed by atoms with Gasteiger partial charge in [-0.05, 0) is 56.0 Å². The van der Waals surface area contributed by atoms with Gasteiger partial charge in [0.05, 0.1) is 15.7 Å². The smallest absolute Gasteiger partial charge is 0.267 e. The Morgan fingerprint density at radius 3 is 2.59 bits per heavy atom. The zero-order valence-electron chi connectivity index (χ0n) is 18.0. The van der Waals surface area contributed by atoms with Crippen molar-refractivity contribution >= 4 is 45.7 Å². The van der Waals surface area contributed by atoms with Crippen LogP contribution < -0.4 is 10.2 Å². The Balaban J connectivity index is 1.03. The molecule has 7 heteroatoms. The van der Waals surface area contributed by atoms with E-state index in [9.17, 15) is 4.79 Å². The molecule has 32 heavy (non-hydrogen) atoms. The maximum absolute atomic E-state index is 12.5. The van der Waals surface area contributed by atoms with Crippen LogP contribution in [0.3, 0.4) is 0 Å². The highest BCUT2D eigenvalue weighted by Gasteiger charge is 2.31. The van der Waals surface area contributed by atoms with Gasteiger partial charge in [-0.2, -0.15) is 0 Å². The second-order valence-corrected chi connectivity index (χ2v) is 9.75. The Kier molecular flexibility index (Phi) is 6.31. The molecule has 2 aromatic carbocycles. The Bertz CT molecular complexity index is 1070. The van der Waals surface area contributed by atoms with Gasteiger partial charge in [0.15, 0.2) is 0 Å². The van der Waals surface area contributed by atoms with Gasteiger partial charge in [0.2, 0.25) is 0 Å². The number of rotatable bonds is 6. The van der Waals surface area contributed by atoms with Crippen LogP contribution in [0.1, 0.15) is 29.8 Å². The predicted molar refractivity (Wildman–Crippen MR) is 132 cm³/mol. The normalized spacial score (nSPS) is 21.5. The van der Waals surface area contributed by atoms with Gasteiger partial charge in [-0.3, -0.25) is 9.69 Å². The number of H-pyrrole nitrogens is 1. The minimum atomic E-state index is 0.000415. The van der Waals surface area contributed by atoms with Crippen molar-refractivity contribution in [1.82, 2.24) is 15.2 Å². The molecule has 1 saturated carbocycles. The van der Waals surface area contributed by atoms with E-state index in [0.29, 0.717) is 27.7 Å². The Labute approximate surface area is 198 Å². The maximum atomic E-state index is 12.5. The molecule has 2 heterocycles. The molecular weight excluding hydrogens is 443 g/mol. The highest BCUT2D eigenvalue weighted by atomic mass is 35.5. The zero-order chi connectivity index (χ0) is 22.1. The van der Waals surface area contributed by atoms with Crippen molar-refractivity contribution < 1.29 is 4.79 Å². The number of anilines is 1. The molecule has 0 unspecified atom stereocenters. The molecule has 1 aliphatic carbocycles. The number of nitrogens with zero attached hydrogens (tertiary/aromatic N) is 2. The van der Waals surface area contributed by atoms with Crippen LogP contribution in [0.2, 0.25) is 10.0 Å². The molecule has 5 nitrogen and oxygen atoms in total. The number of para-hydroxylation sites is 1. The third-order valence-electron chi connectivity index (χ3n) is 6.84. The van der Waals surface area contributed by atoms with E-state index >= 15 is 0 Å². The molecule has 1 aromatic heterocycles. The summed E-state index contributed by atoms with van der Waals surface area (Å²) in [5, 5.41) is 5.52. The molecule has 1 saturated heterocycles. The predicted octanol–water partition coefficient (Wildman–Crippen LogP) is 5.20. The quantitative estimate of drug-likeness (QED) is 0.520. The van der Waals surface area contributed by atoms with Gasteiger partial charge < -0.3 is 15.2 Å². The van der Waals surface area contributed by atoms with Crippen molar-refractivity contribution in [3.8, 4) is 0 Å². The molecule has 1 amide bonds. The van der Waals surface area contributed by atoms with Crippen molar-refractivity contribution in [1.29, 1.82) is 0 Å². The number of benzene rings is 2. The molecule has 5 rings (SSSR count). The van der Waals surface area contributed by atoms with Gasteiger partial charge in [0.25, 0.3) is 5.91 Å². The topological polar surface area (TPSA) is 51.4 Å². The summed E-state index contributed by atoms with van der Waals surface area (Å²) in [6.45, 7) is 5.12. The number of halogens is 2. The minimum absolute atomic E-state index is 0.000415. The Morgan fingerprint density at radius 2 is 1.81 bits per heavy atom. The number of hydrogen-bond donors (Lipinski definition) is 2. The van der Waals surface area contributed by atoms with Gasteiger partial charge in [-0.1, -0.05) is 47.5 Å². The summed E-state index contributed by atoms with van der Waals surface area (Å²) in [5.74, 6) is 0.698. The molecule has 2 aliphatic rings. The van der Waals surface area contributed by atoms with Gasteiger partial charge in [0.1, 0.15) is 5.69 Å². The number of carbonyl (C=O) groups excluding carboxylic acids is 1. The summed E-state index contributed by atoms with van der Waals surface area (Å²) in [6.07, 6.45) is 3.34. The van der Waals surface area contributed by atoms with Crippen LogP contribution >= 0.6 is 23.2 Å². The molecule has 3 aromatic rings. The number of piperazine rings is 1. The molecule has 2 fully saturated rings. The van der Waals surface area contributed by atoms with E-state index in [2.05, 4.69) is 20.1 Å². The SMILES string of the molecule is O=C(N[C@H]1C[C@@H](CCN2CCN(c3cccc(Cl)c3Cl)CC2)C1)c1cc2ccccc2[nH]1. The third-order valence-corrected chi connectivity index (χ3v) is 7.65. The van der Waals surface area contributed by atoms with Crippen LogP contribution in [-0.2, 0) is 0 Å². The van der Waals surface area contributed by atoms with E-state index in [-0.39, 0.29) is 5.91 Å². The second kappa shape index (κ2) is 9.34. The van der Waals surface area contributed by atoms with Gasteiger partial charge in [-0.15, -0.1) is 0 Å². The number of hydrogen-bond acceptors (Lipinski definition) is 3. The first-order chi connectivity index (χ1) is 15.6. The summed E-state index contributed by atoms with van der Waals surface area (Å²) in [7, 11) is 0. The van der Waals surface area contributed by atoms with Crippen molar-refractivity contribution in [3.05, 3.63) is 64.3 Å². The first kappa shape index (κ1) is 21.6. The minimum Gasteiger partial charge on any atom is -0.368 e. The van der Waals surface area contributed by atoms with E-state index in [1.165, 1.54) is 6.42 Å². The van der Waals surface area contributed by atoms with Gasteiger partial charge in [0, 0.05) is 43.1 Å². The number of aromatic amines is 1. The van der Waals surface area contributed by atoms with E-state index in [0.717, 1.165) is 62.2 Å². The molecule has 0 atom stereocenters. The van der Waals surface area contributed by atoms with Crippen LogP contribution in [0, 0.1) is 5.92 Å². The molecular formula is C25H28Cl2N4O. The fourth-order valence-electron chi connectivity index (χ4n) is 4.86. The summed E-state index contributed by atoms with van der Waals surface area (Å²) in [5.41, 5.74) is 2.68. The average molecular weight is 471 g/mol. The first-order valence-electron chi connectivity index (χ1n) is 11.4. The number of amides is 1. The molecule has 168 valence electrons. The molecule has 0 bridgehead atoms. The van der Waals surface area contributed by atoms with Gasteiger partial charge in [-0.25, -0.2) is 0 Å². The monoisotopic (exact) mass is 470 g/mol. The highest BCUT2D eigenvalue weighted by molar-refractivity contribution is 6.43. The van der Waals surface area contributed by atoms with Crippen molar-refractivity contribution in [2.45, 2.75) is 25.3 Å². The van der Waals surface area contributed by atoms with Crippen molar-refractivity contribution in [2.75, 3.05) is 37.6 Å².